The third kappa shape index (κ3) is 66.6. The summed E-state index contributed by atoms with van der Waals surface area (Å²) in [6, 6.07) is 24.6. The average Bonchev–Trinajstić information content (AvgIpc) is 1.64. The molecule has 15 nitrogen and oxygen atoms in total. The number of thiocarbonyl (C=S) groups is 2. The van der Waals surface area contributed by atoms with E-state index in [4.69, 9.17) is 29.5 Å². The number of aliphatic hydroxyl groups excluding tert-OH is 1. The van der Waals surface area contributed by atoms with Crippen LogP contribution in [0.5, 0.6) is 0 Å². The van der Waals surface area contributed by atoms with Gasteiger partial charge in [0, 0.05) is 274 Å². The molecule has 0 aromatic heterocycles. The summed E-state index contributed by atoms with van der Waals surface area (Å²) in [5.41, 5.74) is 162. The Labute approximate surface area is 865 Å². The summed E-state index contributed by atoms with van der Waals surface area (Å²) in [6.45, 7) is 25.3. The molecule has 2 aliphatic carbocycles. The van der Waals surface area contributed by atoms with Crippen LogP contribution in [0.1, 0.15) is 115 Å². The van der Waals surface area contributed by atoms with Crippen molar-refractivity contribution in [2.75, 3.05) is 46.7 Å². The first-order valence-corrected chi connectivity index (χ1v) is 44.5. The van der Waals surface area contributed by atoms with Gasteiger partial charge in [0.25, 0.3) is 0 Å². The van der Waals surface area contributed by atoms with Gasteiger partial charge in [-0.05, 0) is 288 Å². The number of aliphatic hydroxyl groups is 1. The number of benzene rings is 3. The molecule has 0 spiro atoms. The van der Waals surface area contributed by atoms with Gasteiger partial charge >= 0.3 is 6.18 Å². The van der Waals surface area contributed by atoms with Crippen LogP contribution in [-0.2, 0) is 43.1 Å². The van der Waals surface area contributed by atoms with Crippen molar-refractivity contribution in [2.24, 2.45) is 10.8 Å². The Kier molecular flexibility index (Phi) is 68.9. The molecule has 0 bridgehead atoms. The molecule has 1 heterocycles. The molecule has 0 unspecified atom stereocenters. The smallest absolute Gasteiger partial charge is 0.395 e. The number of halogens is 3. The number of hydrogen-bond acceptors (Lipinski definition) is 11. The van der Waals surface area contributed by atoms with Gasteiger partial charge in [0.05, 0.1) is 24.4 Å². The van der Waals surface area contributed by atoms with Crippen LogP contribution in [0, 0.1) is 17.8 Å². The molecular weight excluding hydrogens is 1870 g/mol. The molecule has 20 heteroatoms. The van der Waals surface area contributed by atoms with Crippen LogP contribution >= 0.6 is 24.4 Å². The summed E-state index contributed by atoms with van der Waals surface area (Å²) < 4.78 is 38.9. The number of carbonyl (C=O) groups excluding carboxylic acids is 5. The lowest BCUT2D eigenvalue weighted by Gasteiger charge is -2.38. The van der Waals surface area contributed by atoms with Gasteiger partial charge in [-0.2, -0.15) is 13.2 Å². The third-order valence-electron chi connectivity index (χ3n) is 17.8. The Morgan fingerprint density at radius 1 is 0.442 bits per heavy atom. The van der Waals surface area contributed by atoms with Gasteiger partial charge in [-0.3, -0.25) is 19.8 Å². The fraction of sp³-hybridized carbons (Fsp3) is 0.260. The highest BCUT2D eigenvalue weighted by molar-refractivity contribution is 7.80. The van der Waals surface area contributed by atoms with Gasteiger partial charge in [-0.1, -0.05) is 145 Å². The van der Waals surface area contributed by atoms with Gasteiger partial charge in [0.15, 0.2) is 28.0 Å². The van der Waals surface area contributed by atoms with Gasteiger partial charge in [-0.25, -0.2) is 14.4 Å². The summed E-state index contributed by atoms with van der Waals surface area (Å²) in [5.74, 6) is 4.28. The molecule has 3 aromatic carbocycles. The van der Waals surface area contributed by atoms with Crippen LogP contribution < -0.4 is 31.9 Å². The first-order chi connectivity index (χ1) is 71.0. The van der Waals surface area contributed by atoms with Crippen molar-refractivity contribution in [1.82, 2.24) is 41.3 Å². The largest absolute Gasteiger partial charge is 0.416 e. The molecule has 7 N–H and O–H groups in total. The van der Waals surface area contributed by atoms with Crippen LogP contribution in [-0.4, -0.2) is 143 Å². The zero-order valence-electron chi connectivity index (χ0n) is 82.4. The molecule has 1 aliphatic heterocycles. The van der Waals surface area contributed by atoms with Crippen molar-refractivity contribution in [3.63, 3.8) is 0 Å². The molecule has 3 aromatic rings. The minimum Gasteiger partial charge on any atom is -0.395 e. The number of hydrogen-bond donors (Lipinski definition) is 7. The summed E-state index contributed by atoms with van der Waals surface area (Å²) in [5, 5.41) is 29.4. The molecule has 712 valence electrons. The number of aryl methyl sites for hydroxylation is 1. The molecule has 6 rings (SSSR count). The summed E-state index contributed by atoms with van der Waals surface area (Å²) in [4.78, 5) is 60.5. The lowest BCUT2D eigenvalue weighted by molar-refractivity contribution is -0.137. The Hall–Kier alpha value is -20.6. The maximum Gasteiger partial charge on any atom is 0.416 e. The van der Waals surface area contributed by atoms with E-state index >= 15 is 0 Å². The first kappa shape index (κ1) is 124. The highest BCUT2D eigenvalue weighted by Gasteiger charge is 2.42. The van der Waals surface area contributed by atoms with E-state index < -0.39 is 17.8 Å². The maximum atomic E-state index is 13.0. The zero-order valence-corrected chi connectivity index (χ0v) is 84.1. The van der Waals surface area contributed by atoms with Crippen LogP contribution in [0.2, 0.25) is 0 Å². The van der Waals surface area contributed by atoms with Crippen molar-refractivity contribution in [3.05, 3.63) is 499 Å². The van der Waals surface area contributed by atoms with Gasteiger partial charge < -0.3 is 41.5 Å². The highest BCUT2D eigenvalue weighted by Crippen LogP contribution is 2.33. The molecule has 0 radical (unpaired) electrons. The lowest BCUT2D eigenvalue weighted by atomic mass is 9.86. The fourth-order valence-corrected chi connectivity index (χ4v) is 12.4. The predicted molar refractivity (Wildman–Crippen MR) is 560 cm³/mol. The van der Waals surface area contributed by atoms with E-state index in [9.17, 15) is 37.1 Å². The van der Waals surface area contributed by atoms with E-state index in [1.165, 1.54) is 42.6 Å². The summed E-state index contributed by atoms with van der Waals surface area (Å²) in [7, 11) is 8.09. The Morgan fingerprint density at radius 3 is 1.03 bits per heavy atom. The molecule has 1 saturated heterocycles. The van der Waals surface area contributed by atoms with Crippen LogP contribution in [0.15, 0.2) is 477 Å². The minimum atomic E-state index is -4.39. The van der Waals surface area contributed by atoms with E-state index in [1.807, 2.05) is 84.7 Å². The first-order valence-electron chi connectivity index (χ1n) is 43.6. The second kappa shape index (κ2) is 81.4. The van der Waals surface area contributed by atoms with Crippen LogP contribution in [0.25, 0.3) is 0 Å². The van der Waals surface area contributed by atoms with E-state index in [0.717, 1.165) is 56.2 Å². The molecular formula is C127H90F3N9O6S2. The standard InChI is InChI=1S/C25H2O.C24H2O.C23H2O.C22H36N4OS.C18H26F3N3OS.C15H22N2O/c1-2-3-4-5-6-7-8-9-10-11-12-13-14-15-16-17-18-19-20-21-22-23-24-25-26;1-2-3-4-5-6-7-8-9-10-11-12-13-14-15-16-17-18-19-20-21-22-23-24-25;1-2-3-4-5-6-7-8-9-10-11-12-13-14-15-16-17-18-19-20-21-22-23-24;1-22(2,3)19(20(27)23-15-16-11-7-6-8-12-16)25-21(28)24-17-13-9-10-14-18(17)26(4)5;1-12-9-13(18(19,20)21)11-14(10-12)22-17(26)23-15-5-3-4-6-16(15)24(2)7-8-25;1-15(2,3)14-16-12(13(18)17(14)4)10-11-8-6-5-7-9-11/h1H2;1H2;1H2;6-8,11-12,17-19H,9-10,13-15H2,1-5H3,(H,23,27)(H2,24,25,28);9-11,15-16,25H,3-8H2,1-2H3,(H2,22,23,26);5-9,12,14,16H,10H2,1-4H3/t;;;17-,18-,19-;15-,16-;12-,14-/m...000/s1. The predicted octanol–water partition coefficient (Wildman–Crippen LogP) is 18.9. The summed E-state index contributed by atoms with van der Waals surface area (Å²) in [6.07, 6.45) is 5.35. The van der Waals surface area contributed by atoms with Gasteiger partial charge in [0.1, 0.15) is 6.04 Å². The normalized spacial score (nSPS) is 12.7. The Bertz CT molecular complexity index is 8080. The number of nitrogens with zero attached hydrogens (tertiary/aromatic N) is 3. The van der Waals surface area contributed by atoms with Crippen LogP contribution in [0.3, 0.4) is 0 Å². The molecule has 2 amide bonds. The molecule has 3 fully saturated rings. The van der Waals surface area contributed by atoms with Crippen molar-refractivity contribution in [2.45, 2.75) is 161 Å². The van der Waals surface area contributed by atoms with E-state index in [-0.39, 0.29) is 53.5 Å². The zero-order chi connectivity index (χ0) is 108. The Balaban J connectivity index is 0.000000885. The Morgan fingerprint density at radius 2 is 0.741 bits per heavy atom. The van der Waals surface area contributed by atoms with Crippen molar-refractivity contribution >= 4 is 70.0 Å². The van der Waals surface area contributed by atoms with Gasteiger partial charge in [-0.15, -0.1) is 0 Å². The number of alkyl halides is 3. The second-order valence-corrected chi connectivity index (χ2v) is 31.5. The van der Waals surface area contributed by atoms with Crippen molar-refractivity contribution in [1.29, 1.82) is 0 Å². The monoisotopic (exact) mass is 1960 g/mol. The molecule has 7 atom stereocenters. The van der Waals surface area contributed by atoms with E-state index in [0.29, 0.717) is 46.6 Å². The number of anilines is 1. The van der Waals surface area contributed by atoms with Crippen molar-refractivity contribution in [3.8, 4) is 0 Å². The number of amides is 2. The summed E-state index contributed by atoms with van der Waals surface area (Å²) >= 11 is 10.9. The molecule has 2 saturated carbocycles. The topological polar surface area (TPSA) is 187 Å². The third-order valence-corrected chi connectivity index (χ3v) is 18.3. The minimum absolute atomic E-state index is 0.0340. The maximum absolute atomic E-state index is 13.0. The quantitative estimate of drug-likeness (QED) is 0.0486. The number of likely N-dealkylation sites (N-methyl/N-ethyl adjacent to an activating group) is 3. The van der Waals surface area contributed by atoms with E-state index in [1.54, 1.807) is 13.0 Å². The number of carbonyl (C=O) groups is 2. The SMILES string of the molecule is C=C=C=C=C=C=C=C=C=C=C=C=C=C=C=C=C=C=C=C=C=C=C=C=C=O.C=C=C=C=C=C=C=C=C=C=C=C=C=C=C=C=C=C=C=C=C=C=C=C=O.C=C=C=C=C=C=C=C=C=C=C=C=C=C=C=C=C=C=C=C=C=C=C=O.CN(C)[C@H]1CCCC[C@@H]1NC(=S)N[C@@H](C(=O)NCc1ccccc1)C(C)(C)C.CN1C(=O)[C@H](Cc2ccccc2)N[C@@H]1C(C)(C)C.Cc1cc(NC(=S)N[C@H]2CCCC[C@@H]2N(C)CCO)cc(C(F)(F)F)c1. The van der Waals surface area contributed by atoms with E-state index in [2.05, 4.69) is 490 Å². The number of rotatable bonds is 13. The second-order valence-electron chi connectivity index (χ2n) is 30.7. The lowest BCUT2D eigenvalue weighted by Crippen LogP contribution is -2.59. The van der Waals surface area contributed by atoms with Crippen LogP contribution in [0.4, 0.5) is 18.9 Å². The van der Waals surface area contributed by atoms with Gasteiger partial charge in [0.2, 0.25) is 11.8 Å². The molecule has 147 heavy (non-hydrogen) atoms. The average molecular weight is 1960 g/mol. The fourth-order valence-electron chi connectivity index (χ4n) is 11.9. The molecule has 3 aliphatic rings. The highest BCUT2D eigenvalue weighted by atomic mass is 32.1. The van der Waals surface area contributed by atoms with Crippen molar-refractivity contribution < 1.29 is 42.3 Å². The number of nitrogens with one attached hydrogen (secondary N) is 6.